The molecule has 0 bridgehead atoms. The molecule has 2 aromatic heterocycles. The molecule has 0 aliphatic heterocycles. The second-order valence-electron chi connectivity index (χ2n) is 5.06. The van der Waals surface area contributed by atoms with Crippen molar-refractivity contribution >= 4 is 11.8 Å². The van der Waals surface area contributed by atoms with Crippen LogP contribution in [0.4, 0.5) is 0 Å². The molecule has 0 unspecified atom stereocenters. The monoisotopic (exact) mass is 310 g/mol. The molecule has 2 rings (SSSR count). The fraction of sp³-hybridized carbons (Fsp3) is 0.750. The molecule has 116 valence electrons. The molecule has 2 heterocycles. The lowest BCUT2D eigenvalue weighted by Gasteiger charge is -2.08. The van der Waals surface area contributed by atoms with Gasteiger partial charge in [-0.3, -0.25) is 0 Å². The van der Waals surface area contributed by atoms with Crippen molar-refractivity contribution in [3.8, 4) is 0 Å². The first-order valence-electron chi connectivity index (χ1n) is 7.17. The lowest BCUT2D eigenvalue weighted by atomic mass is 10.2. The first kappa shape index (κ1) is 15.9. The Morgan fingerprint density at radius 1 is 1.33 bits per heavy atom. The second kappa shape index (κ2) is 8.08. The van der Waals surface area contributed by atoms with Crippen LogP contribution < -0.4 is 5.32 Å². The Balaban J connectivity index is 1.83. The largest absolute Gasteiger partial charge is 0.315 e. The molecule has 0 saturated heterocycles. The van der Waals surface area contributed by atoms with Crippen LogP contribution in [0.3, 0.4) is 0 Å². The highest BCUT2D eigenvalue weighted by Gasteiger charge is 2.09. The molecular weight excluding hydrogens is 288 g/mol. The number of tetrazole rings is 1. The number of aromatic nitrogens is 7. The molecule has 0 amide bonds. The molecule has 1 N–H and O–H groups in total. The number of aryl methyl sites for hydroxylation is 1. The van der Waals surface area contributed by atoms with Crippen molar-refractivity contribution in [3.63, 3.8) is 0 Å². The van der Waals surface area contributed by atoms with Crippen LogP contribution >= 0.6 is 11.8 Å². The van der Waals surface area contributed by atoms with E-state index in [9.17, 15) is 0 Å². The molecule has 0 spiro atoms. The summed E-state index contributed by atoms with van der Waals surface area (Å²) in [6.07, 6.45) is 1.58. The number of hydrogen-bond donors (Lipinski definition) is 1. The zero-order chi connectivity index (χ0) is 15.1. The van der Waals surface area contributed by atoms with Crippen LogP contribution in [-0.4, -0.2) is 48.1 Å². The van der Waals surface area contributed by atoms with Crippen molar-refractivity contribution in [1.82, 2.24) is 40.3 Å². The standard InChI is InChI=1S/C12H22N8S/c1-4-19-11(14-9-15-19)8-21-12-16-17-18-20(12)6-5-13-7-10(2)3/h9-10,13H,4-8H2,1-3H3. The fourth-order valence-corrected chi connectivity index (χ4v) is 2.66. The highest BCUT2D eigenvalue weighted by atomic mass is 32.2. The third-order valence-electron chi connectivity index (χ3n) is 2.88. The van der Waals surface area contributed by atoms with Crippen molar-refractivity contribution in [1.29, 1.82) is 0 Å². The Bertz CT molecular complexity index is 535. The van der Waals surface area contributed by atoms with E-state index in [0.29, 0.717) is 11.7 Å². The molecule has 2 aromatic rings. The molecule has 9 heteroatoms. The highest BCUT2D eigenvalue weighted by molar-refractivity contribution is 7.98. The van der Waals surface area contributed by atoms with E-state index in [1.165, 1.54) is 0 Å². The van der Waals surface area contributed by atoms with Gasteiger partial charge in [0, 0.05) is 13.1 Å². The second-order valence-corrected chi connectivity index (χ2v) is 6.01. The van der Waals surface area contributed by atoms with E-state index < -0.39 is 0 Å². The van der Waals surface area contributed by atoms with Gasteiger partial charge in [-0.2, -0.15) is 5.10 Å². The molecule has 0 aromatic carbocycles. The number of rotatable bonds is 9. The van der Waals surface area contributed by atoms with E-state index in [2.05, 4.69) is 44.8 Å². The summed E-state index contributed by atoms with van der Waals surface area (Å²) in [5.74, 6) is 2.30. The minimum atomic E-state index is 0.646. The Morgan fingerprint density at radius 3 is 2.95 bits per heavy atom. The predicted octanol–water partition coefficient (Wildman–Crippen LogP) is 0.822. The summed E-state index contributed by atoms with van der Waals surface area (Å²) < 4.78 is 3.70. The molecule has 0 atom stereocenters. The quantitative estimate of drug-likeness (QED) is 0.542. The smallest absolute Gasteiger partial charge is 0.209 e. The van der Waals surface area contributed by atoms with Crippen LogP contribution in [-0.2, 0) is 18.8 Å². The SMILES string of the molecule is CCn1ncnc1CSc1nnnn1CCNCC(C)C. The first-order chi connectivity index (χ1) is 10.2. The van der Waals surface area contributed by atoms with E-state index >= 15 is 0 Å². The van der Waals surface area contributed by atoms with Gasteiger partial charge in [-0.15, -0.1) is 5.10 Å². The number of nitrogens with zero attached hydrogens (tertiary/aromatic N) is 7. The van der Waals surface area contributed by atoms with Gasteiger partial charge in [0.25, 0.3) is 0 Å². The zero-order valence-corrected chi connectivity index (χ0v) is 13.5. The minimum absolute atomic E-state index is 0.646. The average molecular weight is 310 g/mol. The van der Waals surface area contributed by atoms with Crippen molar-refractivity contribution in [2.75, 3.05) is 13.1 Å². The number of thioether (sulfide) groups is 1. The summed E-state index contributed by atoms with van der Waals surface area (Å²) in [6, 6.07) is 0. The van der Waals surface area contributed by atoms with Crippen molar-refractivity contribution in [2.24, 2.45) is 5.92 Å². The van der Waals surface area contributed by atoms with Crippen LogP contribution in [0.15, 0.2) is 11.5 Å². The average Bonchev–Trinajstić information content (AvgIpc) is 3.09. The van der Waals surface area contributed by atoms with Crippen LogP contribution in [0, 0.1) is 5.92 Å². The highest BCUT2D eigenvalue weighted by Crippen LogP contribution is 2.18. The van der Waals surface area contributed by atoms with Crippen LogP contribution in [0.5, 0.6) is 0 Å². The summed E-state index contributed by atoms with van der Waals surface area (Å²) in [5.41, 5.74) is 0. The van der Waals surface area contributed by atoms with Crippen LogP contribution in [0.1, 0.15) is 26.6 Å². The van der Waals surface area contributed by atoms with E-state index in [-0.39, 0.29) is 0 Å². The summed E-state index contributed by atoms with van der Waals surface area (Å²) in [5, 5.41) is 20.2. The van der Waals surface area contributed by atoms with Crippen molar-refractivity contribution in [3.05, 3.63) is 12.2 Å². The summed E-state index contributed by atoms with van der Waals surface area (Å²) in [7, 11) is 0. The Hall–Kier alpha value is -1.48. The van der Waals surface area contributed by atoms with Gasteiger partial charge in [0.2, 0.25) is 5.16 Å². The maximum Gasteiger partial charge on any atom is 0.209 e. The Morgan fingerprint density at radius 2 is 2.19 bits per heavy atom. The van der Waals surface area contributed by atoms with Gasteiger partial charge in [0.05, 0.1) is 12.3 Å². The first-order valence-corrected chi connectivity index (χ1v) is 8.15. The lowest BCUT2D eigenvalue weighted by molar-refractivity contribution is 0.482. The molecular formula is C12H22N8S. The van der Waals surface area contributed by atoms with Gasteiger partial charge >= 0.3 is 0 Å². The fourth-order valence-electron chi connectivity index (χ4n) is 1.81. The Kier molecular flexibility index (Phi) is 6.12. The maximum atomic E-state index is 4.25. The third-order valence-corrected chi connectivity index (χ3v) is 3.83. The van der Waals surface area contributed by atoms with E-state index in [1.54, 1.807) is 18.1 Å². The molecule has 0 saturated carbocycles. The molecule has 0 radical (unpaired) electrons. The maximum absolute atomic E-state index is 4.25. The van der Waals surface area contributed by atoms with E-state index in [0.717, 1.165) is 37.2 Å². The minimum Gasteiger partial charge on any atom is -0.315 e. The summed E-state index contributed by atoms with van der Waals surface area (Å²) >= 11 is 1.58. The van der Waals surface area contributed by atoms with Gasteiger partial charge in [0.15, 0.2) is 0 Å². The van der Waals surface area contributed by atoms with Crippen LogP contribution in [0.2, 0.25) is 0 Å². The summed E-state index contributed by atoms with van der Waals surface area (Å²) in [4.78, 5) is 4.25. The normalized spacial score (nSPS) is 11.4. The van der Waals surface area contributed by atoms with E-state index in [1.807, 2.05) is 16.3 Å². The predicted molar refractivity (Wildman–Crippen MR) is 80.8 cm³/mol. The molecule has 0 aliphatic carbocycles. The summed E-state index contributed by atoms with van der Waals surface area (Å²) in [6.45, 7) is 9.88. The molecule has 0 fully saturated rings. The van der Waals surface area contributed by atoms with Gasteiger partial charge in [-0.1, -0.05) is 25.6 Å². The van der Waals surface area contributed by atoms with Gasteiger partial charge in [0.1, 0.15) is 12.2 Å². The van der Waals surface area contributed by atoms with Crippen molar-refractivity contribution < 1.29 is 0 Å². The van der Waals surface area contributed by atoms with Crippen LogP contribution in [0.25, 0.3) is 0 Å². The van der Waals surface area contributed by atoms with Gasteiger partial charge < -0.3 is 5.32 Å². The van der Waals surface area contributed by atoms with Gasteiger partial charge in [-0.05, 0) is 29.8 Å². The zero-order valence-electron chi connectivity index (χ0n) is 12.7. The van der Waals surface area contributed by atoms with Crippen molar-refractivity contribution in [2.45, 2.75) is 44.8 Å². The molecule has 21 heavy (non-hydrogen) atoms. The number of nitrogens with one attached hydrogen (secondary N) is 1. The molecule has 8 nitrogen and oxygen atoms in total. The Labute approximate surface area is 128 Å². The third kappa shape index (κ3) is 4.78. The molecule has 0 aliphatic rings. The topological polar surface area (TPSA) is 86.3 Å². The lowest BCUT2D eigenvalue weighted by Crippen LogP contribution is -2.24. The van der Waals surface area contributed by atoms with E-state index in [4.69, 9.17) is 0 Å². The van der Waals surface area contributed by atoms with Gasteiger partial charge in [-0.25, -0.2) is 14.3 Å². The number of hydrogen-bond acceptors (Lipinski definition) is 7.